The first-order chi connectivity index (χ1) is 22.8. The number of benzene rings is 4. The van der Waals surface area contributed by atoms with Crippen molar-refractivity contribution in [3.63, 3.8) is 0 Å². The number of hydrogen-bond acceptors (Lipinski definition) is 8. The highest BCUT2D eigenvalue weighted by molar-refractivity contribution is 5.82. The summed E-state index contributed by atoms with van der Waals surface area (Å²) in [5, 5.41) is 17.4. The Hall–Kier alpha value is -6.54. The summed E-state index contributed by atoms with van der Waals surface area (Å²) in [6.07, 6.45) is 10.7. The van der Waals surface area contributed by atoms with E-state index in [-0.39, 0.29) is 0 Å². The summed E-state index contributed by atoms with van der Waals surface area (Å²) in [6, 6.07) is 40.0. The van der Waals surface area contributed by atoms with Gasteiger partial charge in [-0.05, 0) is 81.9 Å². The zero-order valence-corrected chi connectivity index (χ0v) is 24.6. The molecule has 7 aromatic rings. The molecule has 0 bridgehead atoms. The van der Waals surface area contributed by atoms with E-state index >= 15 is 0 Å². The molecule has 3 aromatic heterocycles. The number of aliphatic imine (C=N–C) groups is 2. The van der Waals surface area contributed by atoms with E-state index < -0.39 is 0 Å². The molecule has 218 valence electrons. The smallest absolute Gasteiger partial charge is 0.203 e. The summed E-state index contributed by atoms with van der Waals surface area (Å²) in [5.41, 5.74) is 9.83. The van der Waals surface area contributed by atoms with Gasteiger partial charge in [0.05, 0.1) is 11.4 Å². The number of hydrogen-bond donors (Lipinski definition) is 0. The fourth-order valence-electron chi connectivity index (χ4n) is 4.76. The fourth-order valence-corrected chi connectivity index (χ4v) is 4.76. The van der Waals surface area contributed by atoms with Gasteiger partial charge in [-0.1, -0.05) is 72.8 Å². The van der Waals surface area contributed by atoms with Crippen molar-refractivity contribution in [2.45, 2.75) is 0 Å². The van der Waals surface area contributed by atoms with Crippen LogP contribution in [-0.4, -0.2) is 42.8 Å². The van der Waals surface area contributed by atoms with Gasteiger partial charge in [-0.15, -0.1) is 20.4 Å². The van der Waals surface area contributed by atoms with E-state index in [1.165, 1.54) is 0 Å². The molecule has 46 heavy (non-hydrogen) atoms. The maximum Gasteiger partial charge on any atom is 0.203 e. The Morgan fingerprint density at radius 1 is 0.326 bits per heavy atom. The van der Waals surface area contributed by atoms with Crippen LogP contribution in [0.5, 0.6) is 0 Å². The van der Waals surface area contributed by atoms with Gasteiger partial charge in [0.1, 0.15) is 0 Å². The zero-order valence-electron chi connectivity index (χ0n) is 24.6. The molecule has 0 spiro atoms. The zero-order chi connectivity index (χ0) is 31.0. The van der Waals surface area contributed by atoms with E-state index in [4.69, 9.17) is 0 Å². The molecule has 0 saturated heterocycles. The lowest BCUT2D eigenvalue weighted by Gasteiger charge is -2.06. The second kappa shape index (κ2) is 13.4. The molecule has 0 unspecified atom stereocenters. The predicted octanol–water partition coefficient (Wildman–Crippen LogP) is 8.23. The normalized spacial score (nSPS) is 11.3. The Labute approximate surface area is 266 Å². The lowest BCUT2D eigenvalue weighted by molar-refractivity contribution is 0.876. The Morgan fingerprint density at radius 2 is 0.609 bits per heavy atom. The van der Waals surface area contributed by atoms with E-state index in [2.05, 4.69) is 64.6 Å². The van der Waals surface area contributed by atoms with Gasteiger partial charge in [-0.25, -0.2) is 0 Å². The van der Waals surface area contributed by atoms with E-state index in [0.29, 0.717) is 11.6 Å². The van der Waals surface area contributed by atoms with Crippen molar-refractivity contribution in [3.05, 3.63) is 157 Å². The van der Waals surface area contributed by atoms with Gasteiger partial charge in [0.25, 0.3) is 0 Å². The molecule has 8 heteroatoms. The number of nitrogens with zero attached hydrogens (tertiary/aromatic N) is 8. The van der Waals surface area contributed by atoms with Gasteiger partial charge in [0.2, 0.25) is 11.6 Å². The van der Waals surface area contributed by atoms with Crippen LogP contribution >= 0.6 is 0 Å². The van der Waals surface area contributed by atoms with E-state index in [1.54, 1.807) is 24.8 Å². The van der Waals surface area contributed by atoms with E-state index in [9.17, 15) is 0 Å². The summed E-state index contributed by atoms with van der Waals surface area (Å²) in [5.74, 6) is 0.943. The second-order valence-corrected chi connectivity index (χ2v) is 10.4. The van der Waals surface area contributed by atoms with Crippen LogP contribution < -0.4 is 0 Å². The molecule has 4 aromatic carbocycles. The van der Waals surface area contributed by atoms with Gasteiger partial charge >= 0.3 is 0 Å². The SMILES string of the molecule is C(=Nc1ccc(-c2ccc(-c3nnc(-c4ccc(-c5ccc(N=Cc6ccncc6)cc5)cc4)nn3)cc2)cc1)c1ccncc1. The Morgan fingerprint density at radius 3 is 0.935 bits per heavy atom. The molecule has 0 aliphatic rings. The van der Waals surface area contributed by atoms with Gasteiger partial charge in [0.15, 0.2) is 0 Å². The molecule has 3 heterocycles. The molecular formula is C38H26N8. The standard InChI is InChI=1S/C38H26N8/c1-5-33(6-2-29(1)31-9-13-35(14-10-31)41-25-27-17-21-39-22-18-27)37-43-45-38(46-44-37)34-7-3-30(4-8-34)32-11-15-36(16-12-32)42-26-28-19-23-40-24-20-28/h1-26H. The first-order valence-corrected chi connectivity index (χ1v) is 14.6. The van der Waals surface area contributed by atoms with Crippen molar-refractivity contribution in [1.29, 1.82) is 0 Å². The molecular weight excluding hydrogens is 568 g/mol. The van der Waals surface area contributed by atoms with Crippen LogP contribution in [0, 0.1) is 0 Å². The van der Waals surface area contributed by atoms with E-state index in [0.717, 1.165) is 55.9 Å². The third kappa shape index (κ3) is 6.82. The monoisotopic (exact) mass is 594 g/mol. The average molecular weight is 595 g/mol. The molecule has 0 aliphatic heterocycles. The van der Waals surface area contributed by atoms with Crippen LogP contribution in [0.3, 0.4) is 0 Å². The van der Waals surface area contributed by atoms with Crippen LogP contribution in [-0.2, 0) is 0 Å². The quantitative estimate of drug-likeness (QED) is 0.164. The highest BCUT2D eigenvalue weighted by atomic mass is 15.3. The first-order valence-electron chi connectivity index (χ1n) is 14.6. The van der Waals surface area contributed by atoms with Gasteiger partial charge in [-0.2, -0.15) is 0 Å². The highest BCUT2D eigenvalue weighted by Gasteiger charge is 2.08. The summed E-state index contributed by atoms with van der Waals surface area (Å²) < 4.78 is 0. The van der Waals surface area contributed by atoms with Gasteiger partial charge in [-0.3, -0.25) is 20.0 Å². The third-order valence-corrected chi connectivity index (χ3v) is 7.30. The number of rotatable bonds is 8. The Bertz CT molecular complexity index is 1920. The molecule has 0 atom stereocenters. The summed E-state index contributed by atoms with van der Waals surface area (Å²) in [6.45, 7) is 0. The predicted molar refractivity (Wildman–Crippen MR) is 182 cm³/mol. The molecule has 0 saturated carbocycles. The van der Waals surface area contributed by atoms with E-state index in [1.807, 2.05) is 109 Å². The van der Waals surface area contributed by atoms with Crippen molar-refractivity contribution in [3.8, 4) is 45.0 Å². The second-order valence-electron chi connectivity index (χ2n) is 10.4. The number of aromatic nitrogens is 6. The lowest BCUT2D eigenvalue weighted by Crippen LogP contribution is -1.99. The maximum atomic E-state index is 4.54. The topological polar surface area (TPSA) is 102 Å². The molecule has 0 N–H and O–H groups in total. The minimum absolute atomic E-state index is 0.472. The molecule has 0 amide bonds. The minimum Gasteiger partial charge on any atom is -0.265 e. The van der Waals surface area contributed by atoms with Crippen LogP contribution in [0.25, 0.3) is 45.0 Å². The van der Waals surface area contributed by atoms with Crippen molar-refractivity contribution in [1.82, 2.24) is 30.4 Å². The maximum absolute atomic E-state index is 4.54. The first kappa shape index (κ1) is 28.2. The van der Waals surface area contributed by atoms with Gasteiger partial charge < -0.3 is 0 Å². The molecule has 0 aliphatic carbocycles. The molecule has 7 rings (SSSR count). The van der Waals surface area contributed by atoms with Gasteiger partial charge in [0, 0.05) is 48.3 Å². The fraction of sp³-hybridized carbons (Fsp3) is 0. The minimum atomic E-state index is 0.472. The van der Waals surface area contributed by atoms with Crippen LogP contribution in [0.4, 0.5) is 11.4 Å². The van der Waals surface area contributed by atoms with Crippen LogP contribution in [0.15, 0.2) is 156 Å². The van der Waals surface area contributed by atoms with Crippen molar-refractivity contribution >= 4 is 23.8 Å². The molecule has 0 fully saturated rings. The van der Waals surface area contributed by atoms with Crippen molar-refractivity contribution in [2.75, 3.05) is 0 Å². The Kier molecular flexibility index (Phi) is 8.23. The largest absolute Gasteiger partial charge is 0.265 e. The van der Waals surface area contributed by atoms with Crippen molar-refractivity contribution < 1.29 is 0 Å². The Balaban J connectivity index is 0.982. The summed E-state index contributed by atoms with van der Waals surface area (Å²) >= 11 is 0. The van der Waals surface area contributed by atoms with Crippen LogP contribution in [0.1, 0.15) is 11.1 Å². The highest BCUT2D eigenvalue weighted by Crippen LogP contribution is 2.27. The molecule has 0 radical (unpaired) electrons. The lowest BCUT2D eigenvalue weighted by atomic mass is 10.0. The van der Waals surface area contributed by atoms with Crippen LogP contribution in [0.2, 0.25) is 0 Å². The number of pyridine rings is 2. The summed E-state index contributed by atoms with van der Waals surface area (Å²) in [4.78, 5) is 17.1. The third-order valence-electron chi connectivity index (χ3n) is 7.30. The van der Waals surface area contributed by atoms with Crippen molar-refractivity contribution in [2.24, 2.45) is 9.98 Å². The average Bonchev–Trinajstić information content (AvgIpc) is 3.15. The summed E-state index contributed by atoms with van der Waals surface area (Å²) in [7, 11) is 0. The molecule has 8 nitrogen and oxygen atoms in total.